The van der Waals surface area contributed by atoms with Crippen LogP contribution in [-0.4, -0.2) is 19.8 Å². The predicted molar refractivity (Wildman–Crippen MR) is 66.5 cm³/mol. The molecule has 2 atom stereocenters. The molecule has 1 aromatic carbocycles. The van der Waals surface area contributed by atoms with Gasteiger partial charge in [0, 0.05) is 12.5 Å². The van der Waals surface area contributed by atoms with Gasteiger partial charge in [0.25, 0.3) is 0 Å². The lowest BCUT2D eigenvalue weighted by Gasteiger charge is -2.30. The Kier molecular flexibility index (Phi) is 3.97. The topological polar surface area (TPSA) is 35.2 Å². The van der Waals surface area contributed by atoms with Crippen LogP contribution in [0.3, 0.4) is 0 Å². The van der Waals surface area contributed by atoms with E-state index in [1.807, 2.05) is 0 Å². The molecule has 88 valence electrons. The van der Waals surface area contributed by atoms with Crippen molar-refractivity contribution in [1.82, 2.24) is 0 Å². The number of nitrogens with two attached hydrogens (primary N) is 1. The highest BCUT2D eigenvalue weighted by molar-refractivity contribution is 5.30. The standard InChI is InChI=1S/C14H21NO/c1-11-5-2-3-7-13(11)14(9-15)12-6-4-8-16-10-12/h2-3,5,7,12,14H,4,6,8-10,15H2,1H3. The first-order valence-electron chi connectivity index (χ1n) is 6.16. The third-order valence-corrected chi connectivity index (χ3v) is 3.61. The van der Waals surface area contributed by atoms with Crippen LogP contribution in [0.2, 0.25) is 0 Å². The molecule has 2 unspecified atom stereocenters. The average Bonchev–Trinajstić information content (AvgIpc) is 2.34. The maximum atomic E-state index is 5.95. The fourth-order valence-corrected chi connectivity index (χ4v) is 2.66. The second kappa shape index (κ2) is 5.46. The van der Waals surface area contributed by atoms with Crippen molar-refractivity contribution in [2.75, 3.05) is 19.8 Å². The van der Waals surface area contributed by atoms with Gasteiger partial charge in [-0.15, -0.1) is 0 Å². The van der Waals surface area contributed by atoms with Crippen LogP contribution in [-0.2, 0) is 4.74 Å². The fourth-order valence-electron chi connectivity index (χ4n) is 2.66. The third kappa shape index (κ3) is 2.45. The molecule has 1 fully saturated rings. The van der Waals surface area contributed by atoms with Crippen LogP contribution in [0.1, 0.15) is 29.9 Å². The molecule has 0 spiro atoms. The van der Waals surface area contributed by atoms with Gasteiger partial charge in [-0.05, 0) is 43.4 Å². The van der Waals surface area contributed by atoms with Crippen molar-refractivity contribution in [2.45, 2.75) is 25.7 Å². The summed E-state index contributed by atoms with van der Waals surface area (Å²) in [4.78, 5) is 0. The molecular formula is C14H21NO. The highest BCUT2D eigenvalue weighted by atomic mass is 16.5. The Morgan fingerprint density at radius 3 is 2.88 bits per heavy atom. The van der Waals surface area contributed by atoms with E-state index in [-0.39, 0.29) is 0 Å². The lowest BCUT2D eigenvalue weighted by atomic mass is 9.81. The normalized spacial score (nSPS) is 23.0. The van der Waals surface area contributed by atoms with E-state index >= 15 is 0 Å². The first-order chi connectivity index (χ1) is 7.83. The molecule has 0 aliphatic carbocycles. The van der Waals surface area contributed by atoms with Crippen molar-refractivity contribution >= 4 is 0 Å². The summed E-state index contributed by atoms with van der Waals surface area (Å²) in [5.41, 5.74) is 8.70. The van der Waals surface area contributed by atoms with Crippen LogP contribution in [0.25, 0.3) is 0 Å². The van der Waals surface area contributed by atoms with Crippen molar-refractivity contribution in [3.8, 4) is 0 Å². The number of hydrogen-bond donors (Lipinski definition) is 1. The SMILES string of the molecule is Cc1ccccc1C(CN)C1CCCOC1. The van der Waals surface area contributed by atoms with E-state index in [1.54, 1.807) is 0 Å². The molecule has 2 heteroatoms. The minimum Gasteiger partial charge on any atom is -0.381 e. The second-order valence-electron chi connectivity index (χ2n) is 4.68. The zero-order valence-electron chi connectivity index (χ0n) is 9.99. The molecule has 0 aromatic heterocycles. The molecule has 1 aliphatic rings. The van der Waals surface area contributed by atoms with Gasteiger partial charge in [-0.3, -0.25) is 0 Å². The molecule has 0 bridgehead atoms. The molecule has 0 saturated carbocycles. The summed E-state index contributed by atoms with van der Waals surface area (Å²) < 4.78 is 5.57. The van der Waals surface area contributed by atoms with Crippen LogP contribution in [0.4, 0.5) is 0 Å². The number of rotatable bonds is 3. The number of aryl methyl sites for hydroxylation is 1. The van der Waals surface area contributed by atoms with Gasteiger partial charge in [0.1, 0.15) is 0 Å². The second-order valence-corrected chi connectivity index (χ2v) is 4.68. The smallest absolute Gasteiger partial charge is 0.0500 e. The Balaban J connectivity index is 2.18. The monoisotopic (exact) mass is 219 g/mol. The molecule has 2 N–H and O–H groups in total. The van der Waals surface area contributed by atoms with Gasteiger partial charge in [0.15, 0.2) is 0 Å². The molecule has 1 aliphatic heterocycles. The van der Waals surface area contributed by atoms with E-state index in [9.17, 15) is 0 Å². The predicted octanol–water partition coefficient (Wildman–Crippen LogP) is 2.46. The van der Waals surface area contributed by atoms with Gasteiger partial charge in [-0.25, -0.2) is 0 Å². The van der Waals surface area contributed by atoms with Crippen LogP contribution in [0.15, 0.2) is 24.3 Å². The van der Waals surface area contributed by atoms with E-state index in [0.717, 1.165) is 19.8 Å². The Morgan fingerprint density at radius 1 is 1.44 bits per heavy atom. The fraction of sp³-hybridized carbons (Fsp3) is 0.571. The highest BCUT2D eigenvalue weighted by Crippen LogP contribution is 2.31. The van der Waals surface area contributed by atoms with Crippen molar-refractivity contribution in [1.29, 1.82) is 0 Å². The maximum absolute atomic E-state index is 5.95. The van der Waals surface area contributed by atoms with E-state index in [0.29, 0.717) is 11.8 Å². The summed E-state index contributed by atoms with van der Waals surface area (Å²) >= 11 is 0. The van der Waals surface area contributed by atoms with Crippen molar-refractivity contribution in [2.24, 2.45) is 11.7 Å². The minimum absolute atomic E-state index is 0.460. The summed E-state index contributed by atoms with van der Waals surface area (Å²) in [5, 5.41) is 0. The van der Waals surface area contributed by atoms with Gasteiger partial charge in [0.05, 0.1) is 6.61 Å². The Morgan fingerprint density at radius 2 is 2.25 bits per heavy atom. The van der Waals surface area contributed by atoms with Gasteiger partial charge >= 0.3 is 0 Å². The van der Waals surface area contributed by atoms with E-state index in [4.69, 9.17) is 10.5 Å². The first kappa shape index (κ1) is 11.6. The van der Waals surface area contributed by atoms with E-state index in [2.05, 4.69) is 31.2 Å². The number of ether oxygens (including phenoxy) is 1. The van der Waals surface area contributed by atoms with Crippen molar-refractivity contribution < 1.29 is 4.74 Å². The minimum atomic E-state index is 0.460. The largest absolute Gasteiger partial charge is 0.381 e. The molecule has 1 saturated heterocycles. The number of benzene rings is 1. The molecule has 1 aromatic rings. The summed E-state index contributed by atoms with van der Waals surface area (Å²) in [6, 6.07) is 8.57. The zero-order chi connectivity index (χ0) is 11.4. The van der Waals surface area contributed by atoms with Gasteiger partial charge in [-0.1, -0.05) is 24.3 Å². The van der Waals surface area contributed by atoms with Crippen molar-refractivity contribution in [3.63, 3.8) is 0 Å². The molecular weight excluding hydrogens is 198 g/mol. The lowest BCUT2D eigenvalue weighted by Crippen LogP contribution is -2.29. The average molecular weight is 219 g/mol. The molecule has 2 rings (SSSR count). The summed E-state index contributed by atoms with van der Waals surface area (Å²) in [5.74, 6) is 1.06. The van der Waals surface area contributed by atoms with Gasteiger partial charge < -0.3 is 10.5 Å². The summed E-state index contributed by atoms with van der Waals surface area (Å²) in [7, 11) is 0. The number of hydrogen-bond acceptors (Lipinski definition) is 2. The Labute approximate surface area is 97.8 Å². The van der Waals surface area contributed by atoms with Gasteiger partial charge in [-0.2, -0.15) is 0 Å². The van der Waals surface area contributed by atoms with Crippen LogP contribution < -0.4 is 5.73 Å². The summed E-state index contributed by atoms with van der Waals surface area (Å²) in [6.07, 6.45) is 2.42. The Bertz CT molecular complexity index is 331. The van der Waals surface area contributed by atoms with Crippen LogP contribution in [0.5, 0.6) is 0 Å². The Hall–Kier alpha value is -0.860. The third-order valence-electron chi connectivity index (χ3n) is 3.61. The van der Waals surface area contributed by atoms with E-state index in [1.165, 1.54) is 24.0 Å². The first-order valence-corrected chi connectivity index (χ1v) is 6.16. The highest BCUT2D eigenvalue weighted by Gasteiger charge is 2.25. The van der Waals surface area contributed by atoms with Crippen LogP contribution >= 0.6 is 0 Å². The molecule has 1 heterocycles. The quantitative estimate of drug-likeness (QED) is 0.847. The maximum Gasteiger partial charge on any atom is 0.0500 e. The van der Waals surface area contributed by atoms with Crippen molar-refractivity contribution in [3.05, 3.63) is 35.4 Å². The van der Waals surface area contributed by atoms with Gasteiger partial charge in [0.2, 0.25) is 0 Å². The molecule has 0 amide bonds. The molecule has 0 radical (unpaired) electrons. The van der Waals surface area contributed by atoms with Crippen LogP contribution in [0, 0.1) is 12.8 Å². The summed E-state index contributed by atoms with van der Waals surface area (Å²) in [6.45, 7) is 4.68. The van der Waals surface area contributed by atoms with E-state index < -0.39 is 0 Å². The molecule has 2 nitrogen and oxygen atoms in total. The zero-order valence-corrected chi connectivity index (χ0v) is 9.99. The lowest BCUT2D eigenvalue weighted by molar-refractivity contribution is 0.0450. The molecule has 16 heavy (non-hydrogen) atoms.